The molecule has 16 heavy (non-hydrogen) atoms. The minimum Gasteiger partial charge on any atom is -0.307 e. The molecule has 1 N–H and O–H groups in total. The third kappa shape index (κ3) is 2.95. The lowest BCUT2D eigenvalue weighted by atomic mass is 10.00. The molecule has 1 aliphatic rings. The van der Waals surface area contributed by atoms with Gasteiger partial charge in [-0.2, -0.15) is 11.8 Å². The Morgan fingerprint density at radius 1 is 1.56 bits per heavy atom. The van der Waals surface area contributed by atoms with Gasteiger partial charge in [0.1, 0.15) is 6.33 Å². The number of aromatic nitrogens is 2. The van der Waals surface area contributed by atoms with Crippen molar-refractivity contribution in [3.05, 3.63) is 23.8 Å². The molecule has 1 atom stereocenters. The first-order valence-electron chi connectivity index (χ1n) is 5.87. The predicted molar refractivity (Wildman–Crippen MR) is 68.6 cm³/mol. The average molecular weight is 237 g/mol. The van der Waals surface area contributed by atoms with Crippen LogP contribution in [0.3, 0.4) is 0 Å². The molecule has 4 heteroatoms. The van der Waals surface area contributed by atoms with E-state index in [4.69, 9.17) is 0 Å². The highest BCUT2D eigenvalue weighted by atomic mass is 32.2. The van der Waals surface area contributed by atoms with E-state index in [-0.39, 0.29) is 0 Å². The van der Waals surface area contributed by atoms with Gasteiger partial charge in [-0.15, -0.1) is 0 Å². The first-order valence-corrected chi connectivity index (χ1v) is 7.02. The largest absolute Gasteiger partial charge is 0.307 e. The lowest BCUT2D eigenvalue weighted by molar-refractivity contribution is 0.560. The second kappa shape index (κ2) is 5.64. The Labute approximate surface area is 101 Å². The monoisotopic (exact) mass is 237 g/mol. The Hall–Kier alpha value is -0.610. The van der Waals surface area contributed by atoms with E-state index in [0.29, 0.717) is 12.0 Å². The number of rotatable bonds is 3. The van der Waals surface area contributed by atoms with Gasteiger partial charge in [-0.1, -0.05) is 13.8 Å². The van der Waals surface area contributed by atoms with Gasteiger partial charge < -0.3 is 5.32 Å². The fourth-order valence-electron chi connectivity index (χ4n) is 2.02. The first kappa shape index (κ1) is 11.9. The molecule has 1 aromatic rings. The van der Waals surface area contributed by atoms with E-state index >= 15 is 0 Å². The van der Waals surface area contributed by atoms with Crippen molar-refractivity contribution in [3.8, 4) is 0 Å². The minimum absolute atomic E-state index is 0.412. The summed E-state index contributed by atoms with van der Waals surface area (Å²) < 4.78 is 0. The second-order valence-electron chi connectivity index (χ2n) is 4.61. The fourth-order valence-corrected chi connectivity index (χ4v) is 2.96. The SMILES string of the molecule is CC(C)Cc1cncnc1C1CSCCN1. The van der Waals surface area contributed by atoms with Gasteiger partial charge in [0, 0.05) is 24.2 Å². The van der Waals surface area contributed by atoms with Crippen LogP contribution < -0.4 is 5.32 Å². The summed E-state index contributed by atoms with van der Waals surface area (Å²) in [5.74, 6) is 2.99. The van der Waals surface area contributed by atoms with Gasteiger partial charge in [-0.25, -0.2) is 9.97 Å². The fraction of sp³-hybridized carbons (Fsp3) is 0.667. The van der Waals surface area contributed by atoms with Gasteiger partial charge in [-0.3, -0.25) is 0 Å². The number of hydrogen-bond acceptors (Lipinski definition) is 4. The van der Waals surface area contributed by atoms with Crippen molar-refractivity contribution in [2.24, 2.45) is 5.92 Å². The lowest BCUT2D eigenvalue weighted by Gasteiger charge is -2.24. The average Bonchev–Trinajstić information content (AvgIpc) is 2.30. The predicted octanol–water partition coefficient (Wildman–Crippen LogP) is 2.05. The van der Waals surface area contributed by atoms with Gasteiger partial charge in [-0.05, 0) is 17.9 Å². The molecular weight excluding hydrogens is 218 g/mol. The number of nitrogens with one attached hydrogen (secondary N) is 1. The maximum absolute atomic E-state index is 4.47. The Kier molecular flexibility index (Phi) is 4.18. The van der Waals surface area contributed by atoms with Crippen molar-refractivity contribution in [1.82, 2.24) is 15.3 Å². The molecular formula is C12H19N3S. The highest BCUT2D eigenvalue weighted by molar-refractivity contribution is 7.99. The summed E-state index contributed by atoms with van der Waals surface area (Å²) in [6.07, 6.45) is 4.71. The maximum Gasteiger partial charge on any atom is 0.115 e. The molecule has 1 aliphatic heterocycles. The van der Waals surface area contributed by atoms with E-state index in [2.05, 4.69) is 29.1 Å². The van der Waals surface area contributed by atoms with E-state index < -0.39 is 0 Å². The molecule has 1 fully saturated rings. The minimum atomic E-state index is 0.412. The molecule has 1 aromatic heterocycles. The van der Waals surface area contributed by atoms with Crippen LogP contribution >= 0.6 is 11.8 Å². The van der Waals surface area contributed by atoms with Crippen molar-refractivity contribution < 1.29 is 0 Å². The van der Waals surface area contributed by atoms with Crippen LogP contribution in [0.25, 0.3) is 0 Å². The van der Waals surface area contributed by atoms with E-state index in [0.717, 1.165) is 18.7 Å². The summed E-state index contributed by atoms with van der Waals surface area (Å²) in [5.41, 5.74) is 2.51. The summed E-state index contributed by atoms with van der Waals surface area (Å²) in [7, 11) is 0. The Morgan fingerprint density at radius 3 is 3.12 bits per heavy atom. The topological polar surface area (TPSA) is 37.8 Å². The van der Waals surface area contributed by atoms with E-state index in [1.807, 2.05) is 18.0 Å². The van der Waals surface area contributed by atoms with E-state index in [1.165, 1.54) is 17.0 Å². The Balaban J connectivity index is 2.17. The molecule has 2 heterocycles. The molecule has 0 saturated carbocycles. The van der Waals surface area contributed by atoms with Crippen LogP contribution in [0.4, 0.5) is 0 Å². The summed E-state index contributed by atoms with van der Waals surface area (Å²) in [5, 5.41) is 3.54. The quantitative estimate of drug-likeness (QED) is 0.873. The molecule has 3 nitrogen and oxygen atoms in total. The zero-order valence-electron chi connectivity index (χ0n) is 9.94. The van der Waals surface area contributed by atoms with Crippen LogP contribution in [0.2, 0.25) is 0 Å². The molecule has 1 saturated heterocycles. The van der Waals surface area contributed by atoms with Crippen LogP contribution in [0.5, 0.6) is 0 Å². The molecule has 2 rings (SSSR count). The molecule has 88 valence electrons. The van der Waals surface area contributed by atoms with Crippen LogP contribution in [0, 0.1) is 5.92 Å². The van der Waals surface area contributed by atoms with Gasteiger partial charge >= 0.3 is 0 Å². The van der Waals surface area contributed by atoms with Crippen LogP contribution in [0.15, 0.2) is 12.5 Å². The standard InChI is InChI=1S/C12H19N3S/c1-9(2)5-10-6-13-8-15-12(10)11-7-16-4-3-14-11/h6,8-9,11,14H,3-5,7H2,1-2H3. The smallest absolute Gasteiger partial charge is 0.115 e. The second-order valence-corrected chi connectivity index (χ2v) is 5.76. The summed E-state index contributed by atoms with van der Waals surface area (Å²) >= 11 is 2.00. The van der Waals surface area contributed by atoms with Crippen LogP contribution in [-0.4, -0.2) is 28.0 Å². The van der Waals surface area contributed by atoms with E-state index in [1.54, 1.807) is 6.33 Å². The highest BCUT2D eigenvalue weighted by Crippen LogP contribution is 2.23. The van der Waals surface area contributed by atoms with Crippen LogP contribution in [0.1, 0.15) is 31.1 Å². The molecule has 0 amide bonds. The van der Waals surface area contributed by atoms with Gasteiger partial charge in [0.25, 0.3) is 0 Å². The van der Waals surface area contributed by atoms with Crippen molar-refractivity contribution >= 4 is 11.8 Å². The summed E-state index contributed by atoms with van der Waals surface area (Å²) in [6, 6.07) is 0.412. The Morgan fingerprint density at radius 2 is 2.44 bits per heavy atom. The zero-order chi connectivity index (χ0) is 11.4. The lowest BCUT2D eigenvalue weighted by Crippen LogP contribution is -2.31. The molecule has 1 unspecified atom stereocenters. The van der Waals surface area contributed by atoms with Crippen molar-refractivity contribution in [1.29, 1.82) is 0 Å². The molecule has 0 aromatic carbocycles. The molecule has 0 bridgehead atoms. The maximum atomic E-state index is 4.47. The van der Waals surface area contributed by atoms with Crippen molar-refractivity contribution in [2.45, 2.75) is 26.3 Å². The normalized spacial score (nSPS) is 21.3. The molecule has 0 spiro atoms. The Bertz CT molecular complexity index is 335. The molecule has 0 radical (unpaired) electrons. The van der Waals surface area contributed by atoms with Crippen LogP contribution in [-0.2, 0) is 6.42 Å². The third-order valence-electron chi connectivity index (χ3n) is 2.70. The van der Waals surface area contributed by atoms with Gasteiger partial charge in [0.2, 0.25) is 0 Å². The first-order chi connectivity index (χ1) is 7.77. The van der Waals surface area contributed by atoms with Crippen molar-refractivity contribution in [3.63, 3.8) is 0 Å². The number of nitrogens with zero attached hydrogens (tertiary/aromatic N) is 2. The summed E-state index contributed by atoms with van der Waals surface area (Å²) in [4.78, 5) is 8.62. The number of hydrogen-bond donors (Lipinski definition) is 1. The van der Waals surface area contributed by atoms with E-state index in [9.17, 15) is 0 Å². The number of thioether (sulfide) groups is 1. The van der Waals surface area contributed by atoms with Crippen molar-refractivity contribution in [2.75, 3.05) is 18.1 Å². The highest BCUT2D eigenvalue weighted by Gasteiger charge is 2.19. The van der Waals surface area contributed by atoms with Gasteiger partial charge in [0.15, 0.2) is 0 Å². The zero-order valence-corrected chi connectivity index (χ0v) is 10.8. The van der Waals surface area contributed by atoms with Gasteiger partial charge in [0.05, 0.1) is 11.7 Å². The molecule has 0 aliphatic carbocycles. The summed E-state index contributed by atoms with van der Waals surface area (Å²) in [6.45, 7) is 5.56. The third-order valence-corrected chi connectivity index (χ3v) is 3.76.